The van der Waals surface area contributed by atoms with Gasteiger partial charge < -0.3 is 0 Å². The summed E-state index contributed by atoms with van der Waals surface area (Å²) in [4.78, 5) is 0. The van der Waals surface area contributed by atoms with Crippen LogP contribution in [0.3, 0.4) is 0 Å². The van der Waals surface area contributed by atoms with Crippen molar-refractivity contribution in [2.24, 2.45) is 0 Å². The number of hydrogen-bond acceptors (Lipinski definition) is 0. The second kappa shape index (κ2) is 4.58. The number of benzene rings is 2. The van der Waals surface area contributed by atoms with Gasteiger partial charge in [-0.25, -0.2) is 0 Å². The summed E-state index contributed by atoms with van der Waals surface area (Å²) in [6, 6.07) is 13.3. The Morgan fingerprint density at radius 1 is 0.688 bits per heavy atom. The van der Waals surface area contributed by atoms with Gasteiger partial charge in [0.05, 0.1) is 0 Å². The van der Waals surface area contributed by atoms with Crippen LogP contribution in [0.5, 0.6) is 0 Å². The number of hydrogen-bond donors (Lipinski definition) is 0. The maximum atomic E-state index is 2.37. The highest BCUT2D eigenvalue weighted by molar-refractivity contribution is 14.1. The fraction of sp³-hybridized carbons (Fsp3) is 0.200. The monoisotopic (exact) mass is 322 g/mol. The van der Waals surface area contributed by atoms with Gasteiger partial charge in [-0.1, -0.05) is 30.3 Å². The van der Waals surface area contributed by atoms with Crippen LogP contribution in [0.1, 0.15) is 16.7 Å². The summed E-state index contributed by atoms with van der Waals surface area (Å²) in [7, 11) is 0. The topological polar surface area (TPSA) is 0 Å². The van der Waals surface area contributed by atoms with E-state index in [0.29, 0.717) is 0 Å². The van der Waals surface area contributed by atoms with Crippen LogP contribution in [0, 0.1) is 24.3 Å². The predicted molar refractivity (Wildman–Crippen MR) is 78.8 cm³/mol. The molecule has 0 atom stereocenters. The zero-order chi connectivity index (χ0) is 11.7. The Morgan fingerprint density at radius 2 is 1.25 bits per heavy atom. The minimum Gasteiger partial charge on any atom is -0.0584 e. The lowest BCUT2D eigenvalue weighted by molar-refractivity contribution is 1.34. The van der Waals surface area contributed by atoms with E-state index in [1.165, 1.54) is 31.4 Å². The Kier molecular flexibility index (Phi) is 3.33. The number of rotatable bonds is 1. The van der Waals surface area contributed by atoms with E-state index >= 15 is 0 Å². The third-order valence-corrected chi connectivity index (χ3v) is 4.21. The van der Waals surface area contributed by atoms with Crippen LogP contribution in [0.25, 0.3) is 11.1 Å². The summed E-state index contributed by atoms with van der Waals surface area (Å²) in [5, 5.41) is 0. The van der Waals surface area contributed by atoms with Gasteiger partial charge in [0.15, 0.2) is 0 Å². The molecule has 0 unspecified atom stereocenters. The predicted octanol–water partition coefficient (Wildman–Crippen LogP) is 4.88. The van der Waals surface area contributed by atoms with Crippen molar-refractivity contribution in [3.8, 4) is 11.1 Å². The molecule has 0 saturated carbocycles. The van der Waals surface area contributed by atoms with Crippen LogP contribution >= 0.6 is 22.6 Å². The lowest BCUT2D eigenvalue weighted by Crippen LogP contribution is -1.86. The van der Waals surface area contributed by atoms with Crippen LogP contribution in [-0.2, 0) is 0 Å². The number of halogens is 1. The van der Waals surface area contributed by atoms with Crippen molar-refractivity contribution in [2.75, 3.05) is 0 Å². The standard InChI is InChI=1S/C15H15I/c1-10-4-5-13(8-11(10)2)14-6-7-15(16)12(3)9-14/h4-9H,1-3H3. The molecule has 0 aromatic heterocycles. The van der Waals surface area contributed by atoms with Gasteiger partial charge in [0.2, 0.25) is 0 Å². The summed E-state index contributed by atoms with van der Waals surface area (Å²) in [6.45, 7) is 6.48. The Labute approximate surface area is 111 Å². The molecule has 0 fully saturated rings. The van der Waals surface area contributed by atoms with Crippen LogP contribution < -0.4 is 0 Å². The minimum absolute atomic E-state index is 1.31. The van der Waals surface area contributed by atoms with Crippen molar-refractivity contribution >= 4 is 22.6 Å². The molecule has 0 nitrogen and oxygen atoms in total. The average Bonchev–Trinajstić information content (AvgIpc) is 2.26. The summed E-state index contributed by atoms with van der Waals surface area (Å²) in [6.07, 6.45) is 0. The van der Waals surface area contributed by atoms with Crippen LogP contribution in [0.4, 0.5) is 0 Å². The maximum absolute atomic E-state index is 2.37. The Balaban J connectivity index is 2.50. The van der Waals surface area contributed by atoms with Crippen LogP contribution in [-0.4, -0.2) is 0 Å². The first kappa shape index (κ1) is 11.6. The summed E-state index contributed by atoms with van der Waals surface area (Å²) < 4.78 is 1.32. The molecular weight excluding hydrogens is 307 g/mol. The molecule has 0 saturated heterocycles. The van der Waals surface area contributed by atoms with E-state index in [2.05, 4.69) is 79.8 Å². The van der Waals surface area contributed by atoms with E-state index in [1.54, 1.807) is 0 Å². The fourth-order valence-corrected chi connectivity index (χ4v) is 2.08. The second-order valence-corrected chi connectivity index (χ2v) is 5.43. The molecule has 0 spiro atoms. The molecule has 0 bridgehead atoms. The fourth-order valence-electron chi connectivity index (χ4n) is 1.75. The molecule has 82 valence electrons. The van der Waals surface area contributed by atoms with Gasteiger partial charge in [0, 0.05) is 3.57 Å². The van der Waals surface area contributed by atoms with E-state index in [1.807, 2.05) is 0 Å². The SMILES string of the molecule is Cc1ccc(-c2ccc(I)c(C)c2)cc1C. The van der Waals surface area contributed by atoms with E-state index in [0.717, 1.165) is 0 Å². The van der Waals surface area contributed by atoms with Crippen LogP contribution in [0.15, 0.2) is 36.4 Å². The second-order valence-electron chi connectivity index (χ2n) is 4.26. The van der Waals surface area contributed by atoms with Crippen molar-refractivity contribution in [1.29, 1.82) is 0 Å². The normalized spacial score (nSPS) is 10.5. The van der Waals surface area contributed by atoms with E-state index in [9.17, 15) is 0 Å². The first-order valence-electron chi connectivity index (χ1n) is 5.42. The largest absolute Gasteiger partial charge is 0.0584 e. The molecule has 0 aliphatic heterocycles. The highest BCUT2D eigenvalue weighted by Crippen LogP contribution is 2.24. The molecule has 0 aliphatic rings. The third-order valence-electron chi connectivity index (χ3n) is 3.00. The quantitative estimate of drug-likeness (QED) is 0.656. The zero-order valence-corrected chi connectivity index (χ0v) is 12.0. The molecule has 0 heterocycles. The zero-order valence-electron chi connectivity index (χ0n) is 9.84. The van der Waals surface area contributed by atoms with E-state index in [-0.39, 0.29) is 0 Å². The molecule has 2 aromatic carbocycles. The lowest BCUT2D eigenvalue weighted by Gasteiger charge is -2.07. The molecule has 16 heavy (non-hydrogen) atoms. The van der Waals surface area contributed by atoms with Gasteiger partial charge >= 0.3 is 0 Å². The van der Waals surface area contributed by atoms with Crippen molar-refractivity contribution < 1.29 is 0 Å². The molecular formula is C15H15I. The summed E-state index contributed by atoms with van der Waals surface area (Å²) >= 11 is 2.37. The lowest BCUT2D eigenvalue weighted by atomic mass is 9.99. The Morgan fingerprint density at radius 3 is 1.81 bits per heavy atom. The Bertz CT molecular complexity index is 477. The highest BCUT2D eigenvalue weighted by Gasteiger charge is 2.01. The number of aryl methyl sites for hydroxylation is 3. The smallest absolute Gasteiger partial charge is 0.0159 e. The van der Waals surface area contributed by atoms with E-state index < -0.39 is 0 Å². The maximum Gasteiger partial charge on any atom is 0.0159 e. The first-order chi connectivity index (χ1) is 7.58. The van der Waals surface area contributed by atoms with Crippen molar-refractivity contribution in [2.45, 2.75) is 20.8 Å². The van der Waals surface area contributed by atoms with Gasteiger partial charge in [-0.05, 0) is 77.2 Å². The third kappa shape index (κ3) is 2.29. The molecule has 1 heteroatoms. The van der Waals surface area contributed by atoms with Crippen molar-refractivity contribution in [3.63, 3.8) is 0 Å². The molecule has 2 aromatic rings. The van der Waals surface area contributed by atoms with Crippen molar-refractivity contribution in [1.82, 2.24) is 0 Å². The Hall–Kier alpha value is -0.830. The van der Waals surface area contributed by atoms with Crippen LogP contribution in [0.2, 0.25) is 0 Å². The molecule has 0 amide bonds. The molecule has 0 aliphatic carbocycles. The molecule has 0 radical (unpaired) electrons. The van der Waals surface area contributed by atoms with Gasteiger partial charge in [-0.2, -0.15) is 0 Å². The summed E-state index contributed by atoms with van der Waals surface area (Å²) in [5.41, 5.74) is 6.67. The average molecular weight is 322 g/mol. The molecule has 0 N–H and O–H groups in total. The van der Waals surface area contributed by atoms with Crippen molar-refractivity contribution in [3.05, 3.63) is 56.7 Å². The first-order valence-corrected chi connectivity index (χ1v) is 6.49. The highest BCUT2D eigenvalue weighted by atomic mass is 127. The van der Waals surface area contributed by atoms with Gasteiger partial charge in [-0.15, -0.1) is 0 Å². The van der Waals surface area contributed by atoms with Gasteiger partial charge in [-0.3, -0.25) is 0 Å². The van der Waals surface area contributed by atoms with Gasteiger partial charge in [0.1, 0.15) is 0 Å². The molecule has 2 rings (SSSR count). The van der Waals surface area contributed by atoms with E-state index in [4.69, 9.17) is 0 Å². The minimum atomic E-state index is 1.31. The summed E-state index contributed by atoms with van der Waals surface area (Å²) in [5.74, 6) is 0. The van der Waals surface area contributed by atoms with Gasteiger partial charge in [0.25, 0.3) is 0 Å².